The molecule has 4 heteroatoms. The van der Waals surface area contributed by atoms with Crippen LogP contribution in [0.15, 0.2) is 48.5 Å². The maximum Gasteiger partial charge on any atom is 0.238 e. The van der Waals surface area contributed by atoms with E-state index in [2.05, 4.69) is 5.32 Å². The third-order valence-corrected chi connectivity index (χ3v) is 3.18. The molecule has 4 nitrogen and oxygen atoms in total. The van der Waals surface area contributed by atoms with Crippen LogP contribution >= 0.6 is 0 Å². The number of hydrogen-bond acceptors (Lipinski definition) is 3. The topological polar surface area (TPSA) is 58.4 Å². The molecule has 110 valence electrons. The monoisotopic (exact) mass is 283 g/mol. The fourth-order valence-corrected chi connectivity index (χ4v) is 2.07. The number of nitrogens with two attached hydrogens (primary N) is 1. The molecule has 0 heterocycles. The molecule has 0 aliphatic rings. The molecule has 2 aromatic carbocycles. The highest BCUT2D eigenvalue weighted by molar-refractivity contribution is 5.92. The zero-order valence-corrected chi connectivity index (χ0v) is 12.5. The van der Waals surface area contributed by atoms with Gasteiger partial charge in [-0.2, -0.15) is 0 Å². The third kappa shape index (κ3) is 4.93. The van der Waals surface area contributed by atoms with Crippen molar-refractivity contribution < 1.29 is 4.79 Å². The van der Waals surface area contributed by atoms with Crippen LogP contribution in [0.5, 0.6) is 0 Å². The fraction of sp³-hybridized carbons (Fsp3) is 0.235. The van der Waals surface area contributed by atoms with Gasteiger partial charge in [0.25, 0.3) is 0 Å². The molecule has 0 aliphatic carbocycles. The van der Waals surface area contributed by atoms with Gasteiger partial charge in [-0.25, -0.2) is 0 Å². The Labute approximate surface area is 125 Å². The summed E-state index contributed by atoms with van der Waals surface area (Å²) in [5.74, 6) is -0.0169. The molecule has 0 atom stereocenters. The fourth-order valence-electron chi connectivity index (χ4n) is 2.07. The highest BCUT2D eigenvalue weighted by Crippen LogP contribution is 2.10. The Hall–Kier alpha value is -2.33. The predicted octanol–water partition coefficient (Wildman–Crippen LogP) is 2.65. The minimum atomic E-state index is -0.0169. The summed E-state index contributed by atoms with van der Waals surface area (Å²) in [6.07, 6.45) is 0. The van der Waals surface area contributed by atoms with Gasteiger partial charge >= 0.3 is 0 Å². The number of benzene rings is 2. The van der Waals surface area contributed by atoms with Crippen LogP contribution < -0.4 is 11.1 Å². The lowest BCUT2D eigenvalue weighted by Gasteiger charge is -2.16. The molecule has 2 aromatic rings. The number of aryl methyl sites for hydroxylation is 1. The number of nitrogen functional groups attached to an aromatic ring is 1. The molecular weight excluding hydrogens is 262 g/mol. The zero-order valence-electron chi connectivity index (χ0n) is 12.5. The Morgan fingerprint density at radius 3 is 2.33 bits per heavy atom. The first kappa shape index (κ1) is 15.1. The first-order chi connectivity index (χ1) is 10.0. The molecule has 0 spiro atoms. The van der Waals surface area contributed by atoms with Crippen molar-refractivity contribution in [1.29, 1.82) is 0 Å². The predicted molar refractivity (Wildman–Crippen MR) is 87.0 cm³/mol. The van der Waals surface area contributed by atoms with Crippen LogP contribution in [-0.4, -0.2) is 24.4 Å². The molecule has 0 radical (unpaired) electrons. The molecule has 0 aliphatic heterocycles. The van der Waals surface area contributed by atoms with Gasteiger partial charge in [0.1, 0.15) is 0 Å². The van der Waals surface area contributed by atoms with Crippen molar-refractivity contribution in [3.05, 3.63) is 59.7 Å². The zero-order chi connectivity index (χ0) is 15.2. The van der Waals surface area contributed by atoms with Gasteiger partial charge in [-0.1, -0.05) is 29.8 Å². The molecule has 21 heavy (non-hydrogen) atoms. The molecule has 1 amide bonds. The van der Waals surface area contributed by atoms with Crippen LogP contribution in [0.25, 0.3) is 0 Å². The number of rotatable bonds is 5. The van der Waals surface area contributed by atoms with E-state index >= 15 is 0 Å². The number of carbonyl (C=O) groups is 1. The highest BCUT2D eigenvalue weighted by atomic mass is 16.2. The average Bonchev–Trinajstić information content (AvgIpc) is 2.44. The van der Waals surface area contributed by atoms with Gasteiger partial charge in [-0.05, 0) is 43.8 Å². The minimum absolute atomic E-state index is 0.0169. The van der Waals surface area contributed by atoms with Crippen molar-refractivity contribution in [2.45, 2.75) is 13.5 Å². The summed E-state index contributed by atoms with van der Waals surface area (Å²) in [6, 6.07) is 15.5. The van der Waals surface area contributed by atoms with Crippen LogP contribution in [0.4, 0.5) is 11.4 Å². The van der Waals surface area contributed by atoms with Crippen molar-refractivity contribution in [2.75, 3.05) is 24.6 Å². The smallest absolute Gasteiger partial charge is 0.238 e. The van der Waals surface area contributed by atoms with E-state index in [1.54, 1.807) is 0 Å². The van der Waals surface area contributed by atoms with Crippen LogP contribution in [0.2, 0.25) is 0 Å². The van der Waals surface area contributed by atoms with Gasteiger partial charge in [-0.15, -0.1) is 0 Å². The first-order valence-electron chi connectivity index (χ1n) is 6.92. The van der Waals surface area contributed by atoms with Gasteiger partial charge < -0.3 is 11.1 Å². The normalized spacial score (nSPS) is 10.6. The molecule has 0 saturated heterocycles. The maximum atomic E-state index is 12.0. The largest absolute Gasteiger partial charge is 0.399 e. The SMILES string of the molecule is Cc1ccc(NC(=O)CN(C)Cc2ccc(N)cc2)cc1. The van der Waals surface area contributed by atoms with Crippen LogP contribution in [-0.2, 0) is 11.3 Å². The summed E-state index contributed by atoms with van der Waals surface area (Å²) in [5.41, 5.74) is 9.54. The van der Waals surface area contributed by atoms with Crippen molar-refractivity contribution >= 4 is 17.3 Å². The average molecular weight is 283 g/mol. The Kier molecular flexibility index (Phi) is 4.95. The summed E-state index contributed by atoms with van der Waals surface area (Å²) >= 11 is 0. The molecule has 3 N–H and O–H groups in total. The number of hydrogen-bond donors (Lipinski definition) is 2. The maximum absolute atomic E-state index is 12.0. The van der Waals surface area contributed by atoms with Crippen LogP contribution in [0.1, 0.15) is 11.1 Å². The lowest BCUT2D eigenvalue weighted by Crippen LogP contribution is -2.29. The summed E-state index contributed by atoms with van der Waals surface area (Å²) in [5, 5.41) is 2.89. The lowest BCUT2D eigenvalue weighted by molar-refractivity contribution is -0.117. The number of nitrogens with zero attached hydrogens (tertiary/aromatic N) is 1. The summed E-state index contributed by atoms with van der Waals surface area (Å²) in [4.78, 5) is 13.9. The number of nitrogens with one attached hydrogen (secondary N) is 1. The minimum Gasteiger partial charge on any atom is -0.399 e. The van der Waals surface area contributed by atoms with E-state index in [4.69, 9.17) is 5.73 Å². The third-order valence-electron chi connectivity index (χ3n) is 3.18. The van der Waals surface area contributed by atoms with Crippen molar-refractivity contribution in [3.63, 3.8) is 0 Å². The second kappa shape index (κ2) is 6.90. The summed E-state index contributed by atoms with van der Waals surface area (Å²) in [6.45, 7) is 3.08. The van der Waals surface area contributed by atoms with E-state index in [-0.39, 0.29) is 5.91 Å². The van der Waals surface area contributed by atoms with Gasteiger partial charge in [-0.3, -0.25) is 9.69 Å². The summed E-state index contributed by atoms with van der Waals surface area (Å²) in [7, 11) is 1.92. The van der Waals surface area contributed by atoms with E-state index in [1.807, 2.05) is 67.4 Å². The van der Waals surface area contributed by atoms with Gasteiger partial charge in [0.05, 0.1) is 6.54 Å². The molecule has 0 unspecified atom stereocenters. The number of carbonyl (C=O) groups excluding carboxylic acids is 1. The van der Waals surface area contributed by atoms with Crippen LogP contribution in [0.3, 0.4) is 0 Å². The van der Waals surface area contributed by atoms with Gasteiger partial charge in [0, 0.05) is 17.9 Å². The highest BCUT2D eigenvalue weighted by Gasteiger charge is 2.07. The Bertz CT molecular complexity index is 590. The molecule has 2 rings (SSSR count). The Balaban J connectivity index is 1.84. The number of amides is 1. The number of anilines is 2. The van der Waals surface area contributed by atoms with E-state index in [0.29, 0.717) is 13.1 Å². The van der Waals surface area contributed by atoms with E-state index in [0.717, 1.165) is 16.9 Å². The Morgan fingerprint density at radius 2 is 1.71 bits per heavy atom. The van der Waals surface area contributed by atoms with Crippen molar-refractivity contribution in [1.82, 2.24) is 4.90 Å². The molecular formula is C17H21N3O. The molecule has 0 saturated carbocycles. The van der Waals surface area contributed by atoms with Gasteiger partial charge in [0.15, 0.2) is 0 Å². The molecule has 0 aromatic heterocycles. The van der Waals surface area contributed by atoms with Crippen molar-refractivity contribution in [3.8, 4) is 0 Å². The molecule has 0 bridgehead atoms. The van der Waals surface area contributed by atoms with Crippen molar-refractivity contribution in [2.24, 2.45) is 0 Å². The van der Waals surface area contributed by atoms with Gasteiger partial charge in [0.2, 0.25) is 5.91 Å². The number of likely N-dealkylation sites (N-methyl/N-ethyl adjacent to an activating group) is 1. The standard InChI is InChI=1S/C17H21N3O/c1-13-3-9-16(10-4-13)19-17(21)12-20(2)11-14-5-7-15(18)8-6-14/h3-10H,11-12,18H2,1-2H3,(H,19,21). The lowest BCUT2D eigenvalue weighted by atomic mass is 10.2. The van der Waals surface area contributed by atoms with E-state index in [1.165, 1.54) is 5.56 Å². The molecule has 0 fully saturated rings. The second-order valence-electron chi connectivity index (χ2n) is 5.33. The quantitative estimate of drug-likeness (QED) is 0.829. The van der Waals surface area contributed by atoms with Crippen LogP contribution in [0, 0.1) is 6.92 Å². The first-order valence-corrected chi connectivity index (χ1v) is 6.92. The Morgan fingerprint density at radius 1 is 1.10 bits per heavy atom. The summed E-state index contributed by atoms with van der Waals surface area (Å²) < 4.78 is 0. The van der Waals surface area contributed by atoms with E-state index < -0.39 is 0 Å². The van der Waals surface area contributed by atoms with E-state index in [9.17, 15) is 4.79 Å². The second-order valence-corrected chi connectivity index (χ2v) is 5.33.